The van der Waals surface area contributed by atoms with E-state index in [-0.39, 0.29) is 23.9 Å². The first-order valence-corrected chi connectivity index (χ1v) is 7.33. The van der Waals surface area contributed by atoms with E-state index in [1.165, 1.54) is 6.42 Å². The molecule has 1 aliphatic rings. The highest BCUT2D eigenvalue weighted by Crippen LogP contribution is 2.30. The summed E-state index contributed by atoms with van der Waals surface area (Å²) in [6.45, 7) is 0.969. The molecule has 0 radical (unpaired) electrons. The van der Waals surface area contributed by atoms with Crippen LogP contribution in [0.3, 0.4) is 0 Å². The molecule has 0 heterocycles. The average molecular weight is 285 g/mol. The number of nitrogens with one attached hydrogen (secondary N) is 3. The predicted octanol–water partition coefficient (Wildman–Crippen LogP) is 0.178. The van der Waals surface area contributed by atoms with Crippen LogP contribution in [0.2, 0.25) is 0 Å². The van der Waals surface area contributed by atoms with E-state index in [9.17, 15) is 9.59 Å². The van der Waals surface area contributed by atoms with Crippen molar-refractivity contribution < 1.29 is 14.3 Å². The van der Waals surface area contributed by atoms with Crippen LogP contribution in [0.5, 0.6) is 0 Å². The summed E-state index contributed by atoms with van der Waals surface area (Å²) >= 11 is 0. The van der Waals surface area contributed by atoms with Crippen molar-refractivity contribution in [1.82, 2.24) is 16.0 Å². The lowest BCUT2D eigenvalue weighted by atomic mass is 9.79. The van der Waals surface area contributed by atoms with Gasteiger partial charge in [-0.2, -0.15) is 0 Å². The fourth-order valence-corrected chi connectivity index (χ4v) is 2.65. The van der Waals surface area contributed by atoms with Crippen LogP contribution in [0.25, 0.3) is 0 Å². The van der Waals surface area contributed by atoms with E-state index in [0.29, 0.717) is 19.6 Å². The molecule has 1 aliphatic carbocycles. The van der Waals surface area contributed by atoms with Crippen LogP contribution in [0, 0.1) is 0 Å². The third kappa shape index (κ3) is 5.88. The van der Waals surface area contributed by atoms with E-state index in [2.05, 4.69) is 16.0 Å². The van der Waals surface area contributed by atoms with Gasteiger partial charge in [0.25, 0.3) is 0 Å². The largest absolute Gasteiger partial charge is 0.383 e. The molecule has 0 atom stereocenters. The standard InChI is InChI=1S/C14H27N3O3/c1-15-14(6-4-3-5-7-14)10-12(18)17-11-13(19)16-8-9-20-2/h15H,3-11H2,1-2H3,(H,16,19)(H,17,18). The van der Waals surface area contributed by atoms with Gasteiger partial charge in [0.15, 0.2) is 0 Å². The van der Waals surface area contributed by atoms with Crippen LogP contribution < -0.4 is 16.0 Å². The van der Waals surface area contributed by atoms with Gasteiger partial charge in [-0.25, -0.2) is 0 Å². The minimum atomic E-state index is -0.183. The molecule has 0 unspecified atom stereocenters. The highest BCUT2D eigenvalue weighted by Gasteiger charge is 2.32. The molecule has 0 aliphatic heterocycles. The van der Waals surface area contributed by atoms with Crippen LogP contribution in [0.15, 0.2) is 0 Å². The maximum atomic E-state index is 12.0. The maximum Gasteiger partial charge on any atom is 0.239 e. The quantitative estimate of drug-likeness (QED) is 0.556. The summed E-state index contributed by atoms with van der Waals surface area (Å²) in [5, 5.41) is 8.66. The van der Waals surface area contributed by atoms with Crippen molar-refractivity contribution in [3.05, 3.63) is 0 Å². The van der Waals surface area contributed by atoms with Gasteiger partial charge in [0.2, 0.25) is 11.8 Å². The smallest absolute Gasteiger partial charge is 0.239 e. The monoisotopic (exact) mass is 285 g/mol. The molecule has 6 heteroatoms. The molecule has 1 saturated carbocycles. The van der Waals surface area contributed by atoms with E-state index in [1.54, 1.807) is 7.11 Å². The number of amides is 2. The number of carbonyl (C=O) groups excluding carboxylic acids is 2. The maximum absolute atomic E-state index is 12.0. The van der Waals surface area contributed by atoms with Crippen LogP contribution in [-0.2, 0) is 14.3 Å². The highest BCUT2D eigenvalue weighted by atomic mass is 16.5. The first-order valence-electron chi connectivity index (χ1n) is 7.33. The summed E-state index contributed by atoms with van der Waals surface area (Å²) in [4.78, 5) is 23.4. The predicted molar refractivity (Wildman–Crippen MR) is 77.4 cm³/mol. The minimum absolute atomic E-state index is 0.0301. The Bertz CT molecular complexity index is 315. The summed E-state index contributed by atoms with van der Waals surface area (Å²) in [6, 6.07) is 0. The number of hydrogen-bond acceptors (Lipinski definition) is 4. The van der Waals surface area contributed by atoms with E-state index < -0.39 is 0 Å². The molecule has 20 heavy (non-hydrogen) atoms. The second-order valence-electron chi connectivity index (χ2n) is 5.39. The fourth-order valence-electron chi connectivity index (χ4n) is 2.65. The molecule has 0 aromatic rings. The zero-order chi connectivity index (χ0) is 14.8. The number of methoxy groups -OCH3 is 1. The first-order chi connectivity index (χ1) is 9.62. The molecule has 1 rings (SSSR count). The van der Waals surface area contributed by atoms with Gasteiger partial charge in [0.1, 0.15) is 0 Å². The van der Waals surface area contributed by atoms with E-state index >= 15 is 0 Å². The Balaban J connectivity index is 2.26. The Hall–Kier alpha value is -1.14. The third-order valence-corrected chi connectivity index (χ3v) is 3.91. The topological polar surface area (TPSA) is 79.5 Å². The fraction of sp³-hybridized carbons (Fsp3) is 0.857. The summed E-state index contributed by atoms with van der Waals surface area (Å²) in [5.41, 5.74) is -0.0884. The van der Waals surface area contributed by atoms with Crippen molar-refractivity contribution in [3.8, 4) is 0 Å². The van der Waals surface area contributed by atoms with Crippen molar-refractivity contribution in [2.75, 3.05) is 33.9 Å². The second-order valence-corrected chi connectivity index (χ2v) is 5.39. The van der Waals surface area contributed by atoms with Crippen LogP contribution >= 0.6 is 0 Å². The lowest BCUT2D eigenvalue weighted by molar-refractivity contribution is -0.127. The average Bonchev–Trinajstić information content (AvgIpc) is 2.46. The third-order valence-electron chi connectivity index (χ3n) is 3.91. The van der Waals surface area contributed by atoms with Gasteiger partial charge in [-0.3, -0.25) is 9.59 Å². The minimum Gasteiger partial charge on any atom is -0.383 e. The van der Waals surface area contributed by atoms with Crippen molar-refractivity contribution in [3.63, 3.8) is 0 Å². The van der Waals surface area contributed by atoms with Gasteiger partial charge in [-0.15, -0.1) is 0 Å². The van der Waals surface area contributed by atoms with Crippen molar-refractivity contribution in [2.24, 2.45) is 0 Å². The molecular formula is C14H27N3O3. The van der Waals surface area contributed by atoms with Crippen molar-refractivity contribution in [1.29, 1.82) is 0 Å². The number of hydrogen-bond donors (Lipinski definition) is 3. The molecule has 3 N–H and O–H groups in total. The zero-order valence-corrected chi connectivity index (χ0v) is 12.6. The molecular weight excluding hydrogens is 258 g/mol. The molecule has 0 saturated heterocycles. The number of ether oxygens (including phenoxy) is 1. The summed E-state index contributed by atoms with van der Waals surface area (Å²) in [6.07, 6.45) is 6.05. The Morgan fingerprint density at radius 3 is 2.40 bits per heavy atom. The van der Waals surface area contributed by atoms with Gasteiger partial charge in [0, 0.05) is 25.6 Å². The molecule has 2 amide bonds. The Labute approximate surface area is 121 Å². The summed E-state index contributed by atoms with van der Waals surface area (Å²) < 4.78 is 4.84. The van der Waals surface area contributed by atoms with Gasteiger partial charge in [-0.1, -0.05) is 19.3 Å². The SMILES string of the molecule is CNC1(CC(=O)NCC(=O)NCCOC)CCCCC1. The Morgan fingerprint density at radius 1 is 1.10 bits per heavy atom. The highest BCUT2D eigenvalue weighted by molar-refractivity contribution is 5.85. The lowest BCUT2D eigenvalue weighted by Gasteiger charge is -2.36. The van der Waals surface area contributed by atoms with E-state index in [0.717, 1.165) is 25.7 Å². The zero-order valence-electron chi connectivity index (χ0n) is 12.6. The number of rotatable bonds is 8. The molecule has 0 spiro atoms. The van der Waals surface area contributed by atoms with E-state index in [4.69, 9.17) is 4.74 Å². The molecule has 116 valence electrons. The van der Waals surface area contributed by atoms with Crippen molar-refractivity contribution in [2.45, 2.75) is 44.1 Å². The van der Waals surface area contributed by atoms with E-state index in [1.807, 2.05) is 7.05 Å². The summed E-state index contributed by atoms with van der Waals surface area (Å²) in [7, 11) is 3.49. The van der Waals surface area contributed by atoms with Crippen LogP contribution in [0.1, 0.15) is 38.5 Å². The molecule has 6 nitrogen and oxygen atoms in total. The molecule has 0 aromatic heterocycles. The second kappa shape index (κ2) is 8.92. The molecule has 0 aromatic carbocycles. The van der Waals surface area contributed by atoms with Gasteiger partial charge in [-0.05, 0) is 19.9 Å². The normalized spacial score (nSPS) is 17.5. The van der Waals surface area contributed by atoms with Crippen molar-refractivity contribution >= 4 is 11.8 Å². The van der Waals surface area contributed by atoms with Gasteiger partial charge in [0.05, 0.1) is 13.2 Å². The van der Waals surface area contributed by atoms with Crippen LogP contribution in [-0.4, -0.2) is 51.2 Å². The Kier molecular flexibility index (Phi) is 7.54. The lowest BCUT2D eigenvalue weighted by Crippen LogP contribution is -2.49. The Morgan fingerprint density at radius 2 is 1.80 bits per heavy atom. The molecule has 0 bridgehead atoms. The molecule has 1 fully saturated rings. The van der Waals surface area contributed by atoms with Gasteiger partial charge < -0.3 is 20.7 Å². The number of carbonyl (C=O) groups is 2. The van der Waals surface area contributed by atoms with Gasteiger partial charge >= 0.3 is 0 Å². The summed E-state index contributed by atoms with van der Waals surface area (Å²) in [5.74, 6) is -0.249. The van der Waals surface area contributed by atoms with Crippen LogP contribution in [0.4, 0.5) is 0 Å². The first kappa shape index (κ1) is 16.9.